The third kappa shape index (κ3) is 1.93. The summed E-state index contributed by atoms with van der Waals surface area (Å²) in [5.41, 5.74) is 6.89. The van der Waals surface area contributed by atoms with Crippen molar-refractivity contribution < 1.29 is 4.52 Å². The molecule has 0 spiro atoms. The molecular formula is C12H14N4O. The molecule has 1 aliphatic carbocycles. The van der Waals surface area contributed by atoms with Crippen LogP contribution in [0.2, 0.25) is 0 Å². The second-order valence-corrected chi connectivity index (χ2v) is 4.40. The van der Waals surface area contributed by atoms with Crippen molar-refractivity contribution in [1.29, 1.82) is 0 Å². The fourth-order valence-corrected chi connectivity index (χ4v) is 2.29. The molecule has 1 aliphatic rings. The average Bonchev–Trinajstić information content (AvgIpc) is 2.98. The molecule has 0 amide bonds. The van der Waals surface area contributed by atoms with E-state index in [1.165, 1.54) is 0 Å². The van der Waals surface area contributed by atoms with Crippen LogP contribution < -0.4 is 5.73 Å². The van der Waals surface area contributed by atoms with Gasteiger partial charge in [-0.05, 0) is 25.0 Å². The molecule has 2 N–H and O–H groups in total. The van der Waals surface area contributed by atoms with Crippen molar-refractivity contribution in [2.24, 2.45) is 5.73 Å². The van der Waals surface area contributed by atoms with Gasteiger partial charge in [0.2, 0.25) is 11.7 Å². The molecule has 0 bridgehead atoms. The molecule has 0 unspecified atom stereocenters. The van der Waals surface area contributed by atoms with Gasteiger partial charge in [0.05, 0.1) is 5.92 Å². The van der Waals surface area contributed by atoms with Gasteiger partial charge in [-0.3, -0.25) is 4.98 Å². The summed E-state index contributed by atoms with van der Waals surface area (Å²) in [5.74, 6) is 1.47. The second-order valence-electron chi connectivity index (χ2n) is 4.40. The van der Waals surface area contributed by atoms with Crippen LogP contribution in [0.1, 0.15) is 31.1 Å². The van der Waals surface area contributed by atoms with Gasteiger partial charge in [-0.25, -0.2) is 0 Å². The Hall–Kier alpha value is -1.75. The molecule has 1 fully saturated rings. The van der Waals surface area contributed by atoms with E-state index in [2.05, 4.69) is 15.1 Å². The molecule has 1 saturated carbocycles. The van der Waals surface area contributed by atoms with Gasteiger partial charge in [0.1, 0.15) is 0 Å². The lowest BCUT2D eigenvalue weighted by Gasteiger charge is -2.08. The first-order valence-electron chi connectivity index (χ1n) is 5.84. The van der Waals surface area contributed by atoms with Crippen LogP contribution in [0.25, 0.3) is 11.4 Å². The highest BCUT2D eigenvalue weighted by Gasteiger charge is 2.30. The van der Waals surface area contributed by atoms with E-state index in [9.17, 15) is 0 Å². The second kappa shape index (κ2) is 4.25. The van der Waals surface area contributed by atoms with E-state index in [0.717, 1.165) is 24.8 Å². The Morgan fingerprint density at radius 3 is 3.00 bits per heavy atom. The summed E-state index contributed by atoms with van der Waals surface area (Å²) in [7, 11) is 0. The fraction of sp³-hybridized carbons (Fsp3) is 0.417. The lowest BCUT2D eigenvalue weighted by atomic mass is 10.1. The molecule has 0 radical (unpaired) electrons. The van der Waals surface area contributed by atoms with Crippen molar-refractivity contribution in [2.75, 3.05) is 0 Å². The number of hydrogen-bond donors (Lipinski definition) is 1. The minimum atomic E-state index is 0.150. The largest absolute Gasteiger partial charge is 0.339 e. The maximum absolute atomic E-state index is 6.02. The standard InChI is InChI=1S/C12H14N4O/c13-10-5-1-4-9(10)12-15-11(16-17-12)8-3-2-6-14-7-8/h2-3,6-7,9-10H,1,4-5,13H2/t9-,10+/m0/s1. The van der Waals surface area contributed by atoms with Crippen molar-refractivity contribution in [2.45, 2.75) is 31.2 Å². The number of nitrogens with two attached hydrogens (primary N) is 1. The van der Waals surface area contributed by atoms with Crippen molar-refractivity contribution in [3.05, 3.63) is 30.4 Å². The molecule has 2 aromatic heterocycles. The predicted molar refractivity (Wildman–Crippen MR) is 62.1 cm³/mol. The Morgan fingerprint density at radius 1 is 1.35 bits per heavy atom. The molecule has 0 aliphatic heterocycles. The first-order chi connectivity index (χ1) is 8.34. The highest BCUT2D eigenvalue weighted by molar-refractivity contribution is 5.51. The molecule has 2 aromatic rings. The molecule has 17 heavy (non-hydrogen) atoms. The summed E-state index contributed by atoms with van der Waals surface area (Å²) >= 11 is 0. The average molecular weight is 230 g/mol. The van der Waals surface area contributed by atoms with Crippen molar-refractivity contribution in [3.63, 3.8) is 0 Å². The summed E-state index contributed by atoms with van der Waals surface area (Å²) in [6.45, 7) is 0. The SMILES string of the molecule is N[C@@H]1CCC[C@@H]1c1nc(-c2cccnc2)no1. The van der Waals surface area contributed by atoms with Gasteiger partial charge in [-0.1, -0.05) is 11.6 Å². The maximum atomic E-state index is 6.02. The molecule has 5 nitrogen and oxygen atoms in total. The molecule has 2 atom stereocenters. The molecule has 88 valence electrons. The van der Waals surface area contributed by atoms with E-state index in [0.29, 0.717) is 11.7 Å². The van der Waals surface area contributed by atoms with Gasteiger partial charge in [0.25, 0.3) is 0 Å². The van der Waals surface area contributed by atoms with Crippen molar-refractivity contribution >= 4 is 0 Å². The van der Waals surface area contributed by atoms with Crippen LogP contribution in [-0.4, -0.2) is 21.2 Å². The molecule has 2 heterocycles. The summed E-state index contributed by atoms with van der Waals surface area (Å²) in [6.07, 6.45) is 6.65. The van der Waals surface area contributed by atoms with Gasteiger partial charge in [0, 0.05) is 24.0 Å². The van der Waals surface area contributed by atoms with Gasteiger partial charge < -0.3 is 10.3 Å². The quantitative estimate of drug-likeness (QED) is 0.850. The van der Waals surface area contributed by atoms with Crippen LogP contribution in [0.15, 0.2) is 29.0 Å². The van der Waals surface area contributed by atoms with Gasteiger partial charge >= 0.3 is 0 Å². The van der Waals surface area contributed by atoms with Crippen LogP contribution in [0.4, 0.5) is 0 Å². The third-order valence-electron chi connectivity index (χ3n) is 3.25. The maximum Gasteiger partial charge on any atom is 0.231 e. The number of aromatic nitrogens is 3. The summed E-state index contributed by atoms with van der Waals surface area (Å²) in [4.78, 5) is 8.45. The highest BCUT2D eigenvalue weighted by Crippen LogP contribution is 2.33. The smallest absolute Gasteiger partial charge is 0.231 e. The van der Waals surface area contributed by atoms with E-state index in [-0.39, 0.29) is 12.0 Å². The first kappa shape index (κ1) is 10.4. The molecule has 0 aromatic carbocycles. The van der Waals surface area contributed by atoms with Crippen molar-refractivity contribution in [3.8, 4) is 11.4 Å². The zero-order valence-corrected chi connectivity index (χ0v) is 9.41. The number of pyridine rings is 1. The minimum absolute atomic E-state index is 0.150. The predicted octanol–water partition coefficient (Wildman–Crippen LogP) is 1.73. The molecule has 5 heteroatoms. The summed E-state index contributed by atoms with van der Waals surface area (Å²) in [6, 6.07) is 3.92. The minimum Gasteiger partial charge on any atom is -0.339 e. The van der Waals surface area contributed by atoms with E-state index < -0.39 is 0 Å². The third-order valence-corrected chi connectivity index (χ3v) is 3.25. The van der Waals surface area contributed by atoms with Crippen LogP contribution in [-0.2, 0) is 0 Å². The van der Waals surface area contributed by atoms with Gasteiger partial charge in [-0.15, -0.1) is 0 Å². The zero-order valence-electron chi connectivity index (χ0n) is 9.41. The lowest BCUT2D eigenvalue weighted by Crippen LogP contribution is -2.22. The molecule has 3 rings (SSSR count). The van der Waals surface area contributed by atoms with Crippen LogP contribution in [0, 0.1) is 0 Å². The Morgan fingerprint density at radius 2 is 2.29 bits per heavy atom. The lowest BCUT2D eigenvalue weighted by molar-refractivity contribution is 0.345. The molecular weight excluding hydrogens is 216 g/mol. The number of hydrogen-bond acceptors (Lipinski definition) is 5. The summed E-state index contributed by atoms with van der Waals surface area (Å²) in [5, 5.41) is 3.98. The Labute approximate surface area is 99.1 Å². The van der Waals surface area contributed by atoms with Crippen LogP contribution >= 0.6 is 0 Å². The van der Waals surface area contributed by atoms with Crippen molar-refractivity contribution in [1.82, 2.24) is 15.1 Å². The highest BCUT2D eigenvalue weighted by atomic mass is 16.5. The monoisotopic (exact) mass is 230 g/mol. The molecule has 0 saturated heterocycles. The number of rotatable bonds is 2. The van der Waals surface area contributed by atoms with E-state index in [1.54, 1.807) is 12.4 Å². The fourth-order valence-electron chi connectivity index (χ4n) is 2.29. The Kier molecular flexibility index (Phi) is 2.60. The first-order valence-corrected chi connectivity index (χ1v) is 5.84. The topological polar surface area (TPSA) is 77.8 Å². The Balaban J connectivity index is 1.88. The van der Waals surface area contributed by atoms with E-state index >= 15 is 0 Å². The Bertz CT molecular complexity index is 496. The van der Waals surface area contributed by atoms with Crippen LogP contribution in [0.5, 0.6) is 0 Å². The summed E-state index contributed by atoms with van der Waals surface area (Å²) < 4.78 is 5.30. The van der Waals surface area contributed by atoms with E-state index in [4.69, 9.17) is 10.3 Å². The van der Waals surface area contributed by atoms with Gasteiger partial charge in [-0.2, -0.15) is 4.98 Å². The van der Waals surface area contributed by atoms with E-state index in [1.807, 2.05) is 12.1 Å². The zero-order chi connectivity index (χ0) is 11.7. The van der Waals surface area contributed by atoms with Crippen LogP contribution in [0.3, 0.4) is 0 Å². The number of nitrogens with zero attached hydrogens (tertiary/aromatic N) is 3. The van der Waals surface area contributed by atoms with Gasteiger partial charge in [0.15, 0.2) is 0 Å². The normalized spacial score (nSPS) is 24.1.